The van der Waals surface area contributed by atoms with Crippen LogP contribution in [0.3, 0.4) is 0 Å². The van der Waals surface area contributed by atoms with Crippen LogP contribution in [0.1, 0.15) is 16.8 Å². The number of hydrogen-bond donors (Lipinski definition) is 0. The molecule has 0 aliphatic carbocycles. The number of Topliss-reactive ketones (excluding diaryl/α,β-unsaturated/α-hetero) is 1. The van der Waals surface area contributed by atoms with Crippen LogP contribution in [0.5, 0.6) is 0 Å². The van der Waals surface area contributed by atoms with E-state index in [4.69, 9.17) is 0 Å². The SMILES string of the molecule is CN(CCC(=O)c1ccccc1F)c1ccc(F)cc1. The molecule has 0 saturated carbocycles. The smallest absolute Gasteiger partial charge is 0.167 e. The van der Waals surface area contributed by atoms with Gasteiger partial charge in [0, 0.05) is 25.7 Å². The van der Waals surface area contributed by atoms with Crippen molar-refractivity contribution in [2.24, 2.45) is 0 Å². The fourth-order valence-electron chi connectivity index (χ4n) is 1.92. The van der Waals surface area contributed by atoms with Crippen molar-refractivity contribution in [3.63, 3.8) is 0 Å². The summed E-state index contributed by atoms with van der Waals surface area (Å²) in [5.41, 5.74) is 0.924. The first-order valence-electron chi connectivity index (χ1n) is 6.32. The van der Waals surface area contributed by atoms with Crippen LogP contribution in [0, 0.1) is 11.6 Å². The van der Waals surface area contributed by atoms with Crippen LogP contribution in [0.15, 0.2) is 48.5 Å². The number of carbonyl (C=O) groups is 1. The van der Waals surface area contributed by atoms with Crippen LogP contribution >= 0.6 is 0 Å². The van der Waals surface area contributed by atoms with Crippen LogP contribution in [0.4, 0.5) is 14.5 Å². The lowest BCUT2D eigenvalue weighted by Gasteiger charge is -2.18. The summed E-state index contributed by atoms with van der Waals surface area (Å²) in [5, 5.41) is 0. The van der Waals surface area contributed by atoms with E-state index >= 15 is 0 Å². The lowest BCUT2D eigenvalue weighted by molar-refractivity contribution is 0.0981. The first kappa shape index (κ1) is 14.2. The molecular formula is C16H15F2NO. The van der Waals surface area contributed by atoms with Crippen LogP contribution in [0.25, 0.3) is 0 Å². The predicted octanol–water partition coefficient (Wildman–Crippen LogP) is 3.67. The maximum Gasteiger partial charge on any atom is 0.167 e. The summed E-state index contributed by atoms with van der Waals surface area (Å²) in [4.78, 5) is 13.8. The van der Waals surface area contributed by atoms with E-state index in [1.165, 1.54) is 24.3 Å². The van der Waals surface area contributed by atoms with E-state index in [-0.39, 0.29) is 23.6 Å². The van der Waals surface area contributed by atoms with Crippen molar-refractivity contribution in [3.05, 3.63) is 65.7 Å². The number of halogens is 2. The predicted molar refractivity (Wildman–Crippen MR) is 75.0 cm³/mol. The number of ketones is 1. The summed E-state index contributed by atoms with van der Waals surface area (Å²) in [6.45, 7) is 0.443. The van der Waals surface area contributed by atoms with Crippen molar-refractivity contribution in [2.75, 3.05) is 18.5 Å². The Morgan fingerprint density at radius 2 is 1.70 bits per heavy atom. The molecule has 0 radical (unpaired) electrons. The van der Waals surface area contributed by atoms with Crippen LogP contribution in [0.2, 0.25) is 0 Å². The maximum atomic E-state index is 13.5. The van der Waals surface area contributed by atoms with E-state index < -0.39 is 5.82 Å². The van der Waals surface area contributed by atoms with Gasteiger partial charge >= 0.3 is 0 Å². The molecule has 0 amide bonds. The van der Waals surface area contributed by atoms with Crippen molar-refractivity contribution < 1.29 is 13.6 Å². The highest BCUT2D eigenvalue weighted by atomic mass is 19.1. The van der Waals surface area contributed by atoms with Gasteiger partial charge in [-0.1, -0.05) is 12.1 Å². The molecule has 0 aromatic heterocycles. The van der Waals surface area contributed by atoms with Gasteiger partial charge in [-0.15, -0.1) is 0 Å². The van der Waals surface area contributed by atoms with Gasteiger partial charge < -0.3 is 4.90 Å². The minimum absolute atomic E-state index is 0.111. The van der Waals surface area contributed by atoms with Gasteiger partial charge in [-0.25, -0.2) is 8.78 Å². The topological polar surface area (TPSA) is 20.3 Å². The number of rotatable bonds is 5. The first-order chi connectivity index (χ1) is 9.58. The highest BCUT2D eigenvalue weighted by molar-refractivity contribution is 5.96. The van der Waals surface area contributed by atoms with E-state index in [1.54, 1.807) is 24.3 Å². The zero-order valence-electron chi connectivity index (χ0n) is 11.1. The summed E-state index contributed by atoms with van der Waals surface area (Å²) >= 11 is 0. The molecule has 2 aromatic rings. The Labute approximate surface area is 116 Å². The molecule has 2 aromatic carbocycles. The number of carbonyl (C=O) groups excluding carboxylic acids is 1. The van der Waals surface area contributed by atoms with E-state index in [0.717, 1.165) is 5.69 Å². The third-order valence-corrected chi connectivity index (χ3v) is 3.12. The Morgan fingerprint density at radius 3 is 2.35 bits per heavy atom. The Morgan fingerprint density at radius 1 is 1.05 bits per heavy atom. The molecule has 2 rings (SSSR count). The Balaban J connectivity index is 1.97. The van der Waals surface area contributed by atoms with Crippen molar-refractivity contribution >= 4 is 11.5 Å². The molecule has 0 bridgehead atoms. The molecular weight excluding hydrogens is 260 g/mol. The minimum atomic E-state index is -0.498. The van der Waals surface area contributed by atoms with Gasteiger partial charge in [0.15, 0.2) is 5.78 Å². The number of anilines is 1. The lowest BCUT2D eigenvalue weighted by Crippen LogP contribution is -2.21. The van der Waals surface area contributed by atoms with Gasteiger partial charge in [0.05, 0.1) is 5.56 Å². The molecule has 0 heterocycles. The monoisotopic (exact) mass is 275 g/mol. The largest absolute Gasteiger partial charge is 0.374 e. The van der Waals surface area contributed by atoms with Gasteiger partial charge in [0.25, 0.3) is 0 Å². The molecule has 0 atom stereocenters. The second-order valence-corrected chi connectivity index (χ2v) is 4.55. The summed E-state index contributed by atoms with van der Waals surface area (Å²) in [5.74, 6) is -1.04. The van der Waals surface area contributed by atoms with Crippen molar-refractivity contribution in [1.29, 1.82) is 0 Å². The number of benzene rings is 2. The van der Waals surface area contributed by atoms with Crippen molar-refractivity contribution in [3.8, 4) is 0 Å². The Kier molecular flexibility index (Phi) is 4.45. The van der Waals surface area contributed by atoms with Crippen LogP contribution in [-0.4, -0.2) is 19.4 Å². The van der Waals surface area contributed by atoms with Gasteiger partial charge in [0.1, 0.15) is 11.6 Å². The average molecular weight is 275 g/mol. The molecule has 0 saturated heterocycles. The maximum absolute atomic E-state index is 13.5. The molecule has 0 N–H and O–H groups in total. The highest BCUT2D eigenvalue weighted by Gasteiger charge is 2.12. The average Bonchev–Trinajstić information content (AvgIpc) is 2.45. The lowest BCUT2D eigenvalue weighted by atomic mass is 10.1. The fraction of sp³-hybridized carbons (Fsp3) is 0.188. The third-order valence-electron chi connectivity index (χ3n) is 3.12. The summed E-state index contributed by atoms with van der Waals surface area (Å²) in [6.07, 6.45) is 0.203. The molecule has 104 valence electrons. The van der Waals surface area contributed by atoms with Gasteiger partial charge in [0.2, 0.25) is 0 Å². The van der Waals surface area contributed by atoms with Gasteiger partial charge in [-0.05, 0) is 36.4 Å². The van der Waals surface area contributed by atoms with E-state index in [0.29, 0.717) is 6.54 Å². The second-order valence-electron chi connectivity index (χ2n) is 4.55. The van der Waals surface area contributed by atoms with E-state index in [1.807, 2.05) is 11.9 Å². The number of nitrogens with zero attached hydrogens (tertiary/aromatic N) is 1. The van der Waals surface area contributed by atoms with Crippen molar-refractivity contribution in [1.82, 2.24) is 0 Å². The standard InChI is InChI=1S/C16H15F2NO/c1-19(13-8-6-12(17)7-9-13)11-10-16(20)14-4-2-3-5-15(14)18/h2-9H,10-11H2,1H3. The Bertz CT molecular complexity index is 596. The van der Waals surface area contributed by atoms with Crippen LogP contribution < -0.4 is 4.90 Å². The zero-order valence-corrected chi connectivity index (χ0v) is 11.1. The minimum Gasteiger partial charge on any atom is -0.374 e. The van der Waals surface area contributed by atoms with E-state index in [9.17, 15) is 13.6 Å². The Hall–Kier alpha value is -2.23. The molecule has 0 spiro atoms. The zero-order chi connectivity index (χ0) is 14.5. The summed E-state index contributed by atoms with van der Waals surface area (Å²) in [6, 6.07) is 12.0. The third kappa shape index (κ3) is 3.41. The van der Waals surface area contributed by atoms with Crippen LogP contribution in [-0.2, 0) is 0 Å². The molecule has 4 heteroatoms. The molecule has 0 fully saturated rings. The van der Waals surface area contributed by atoms with Gasteiger partial charge in [-0.2, -0.15) is 0 Å². The number of hydrogen-bond acceptors (Lipinski definition) is 2. The van der Waals surface area contributed by atoms with Crippen molar-refractivity contribution in [2.45, 2.75) is 6.42 Å². The molecule has 0 aliphatic heterocycles. The molecule has 0 aliphatic rings. The first-order valence-corrected chi connectivity index (χ1v) is 6.32. The summed E-state index contributed by atoms with van der Waals surface area (Å²) in [7, 11) is 1.81. The quantitative estimate of drug-likeness (QED) is 0.776. The highest BCUT2D eigenvalue weighted by Crippen LogP contribution is 2.15. The van der Waals surface area contributed by atoms with Gasteiger partial charge in [-0.3, -0.25) is 4.79 Å². The second kappa shape index (κ2) is 6.28. The van der Waals surface area contributed by atoms with E-state index in [2.05, 4.69) is 0 Å². The fourth-order valence-corrected chi connectivity index (χ4v) is 1.92. The summed E-state index contributed by atoms with van der Waals surface area (Å²) < 4.78 is 26.3. The molecule has 0 unspecified atom stereocenters. The molecule has 2 nitrogen and oxygen atoms in total. The normalized spacial score (nSPS) is 10.3. The molecule has 20 heavy (non-hydrogen) atoms.